The highest BCUT2D eigenvalue weighted by Gasteiger charge is 2.33. The zero-order valence-electron chi connectivity index (χ0n) is 31.0. The maximum atomic E-state index is 11.8. The van der Waals surface area contributed by atoms with E-state index in [2.05, 4.69) is 0 Å². The van der Waals surface area contributed by atoms with Gasteiger partial charge in [-0.2, -0.15) is 0 Å². The van der Waals surface area contributed by atoms with Crippen LogP contribution >= 0.6 is 0 Å². The van der Waals surface area contributed by atoms with E-state index in [1.165, 1.54) is 0 Å². The highest BCUT2D eigenvalue weighted by atomic mass is 16.3. The van der Waals surface area contributed by atoms with Crippen molar-refractivity contribution in [3.63, 3.8) is 0 Å². The van der Waals surface area contributed by atoms with E-state index < -0.39 is 29.8 Å². The number of aliphatic hydroxyl groups is 4. The molecule has 4 unspecified atom stereocenters. The van der Waals surface area contributed by atoms with Crippen molar-refractivity contribution in [3.8, 4) is 11.5 Å². The van der Waals surface area contributed by atoms with Crippen LogP contribution in [0.5, 0.6) is 11.5 Å². The van der Waals surface area contributed by atoms with E-state index in [4.69, 9.17) is 0 Å². The summed E-state index contributed by atoms with van der Waals surface area (Å²) < 4.78 is 0. The fourth-order valence-corrected chi connectivity index (χ4v) is 7.16. The Bertz CT molecular complexity index is 1970. The molecule has 0 saturated carbocycles. The summed E-state index contributed by atoms with van der Waals surface area (Å²) in [6.45, 7) is 11.6. The highest BCUT2D eigenvalue weighted by Crippen LogP contribution is 2.46. The van der Waals surface area contributed by atoms with Crippen molar-refractivity contribution in [2.45, 2.75) is 71.4 Å². The monoisotopic (exact) mass is 708 g/mol. The molecule has 272 valence electrons. The Kier molecular flexibility index (Phi) is 10.6. The van der Waals surface area contributed by atoms with Crippen LogP contribution in [0.4, 0.5) is 0 Å². The van der Waals surface area contributed by atoms with Gasteiger partial charge < -0.3 is 30.6 Å². The van der Waals surface area contributed by atoms with Gasteiger partial charge in [0.15, 0.2) is 0 Å². The maximum Gasteiger partial charge on any atom is 0.127 e. The van der Waals surface area contributed by atoms with Crippen LogP contribution in [0.2, 0.25) is 0 Å². The highest BCUT2D eigenvalue weighted by molar-refractivity contribution is 5.57. The summed E-state index contributed by atoms with van der Waals surface area (Å²) in [5, 5.41) is 70.8. The lowest BCUT2D eigenvalue weighted by Crippen LogP contribution is -2.22. The maximum absolute atomic E-state index is 11.8. The molecule has 6 N–H and O–H groups in total. The molecule has 0 heterocycles. The lowest BCUT2D eigenvalue weighted by Gasteiger charge is -2.32. The first kappa shape index (κ1) is 37.5. The largest absolute Gasteiger partial charge is 0.507 e. The average molecular weight is 709 g/mol. The van der Waals surface area contributed by atoms with Crippen molar-refractivity contribution < 1.29 is 30.6 Å². The molecular formula is C47H48O6. The van der Waals surface area contributed by atoms with Crippen LogP contribution in [0.15, 0.2) is 121 Å². The number of aryl methyl sites for hydroxylation is 4. The molecule has 0 spiro atoms. The molecule has 6 rings (SSSR count). The fraction of sp³-hybridized carbons (Fsp3) is 0.234. The fourth-order valence-electron chi connectivity index (χ4n) is 7.16. The van der Waals surface area contributed by atoms with Crippen molar-refractivity contribution >= 4 is 0 Å². The number of benzene rings is 6. The molecule has 6 aromatic carbocycles. The van der Waals surface area contributed by atoms with Crippen LogP contribution in [-0.4, -0.2) is 30.6 Å². The number of aliphatic hydroxyl groups excluding tert-OH is 4. The van der Waals surface area contributed by atoms with Crippen molar-refractivity contribution in [3.05, 3.63) is 199 Å². The van der Waals surface area contributed by atoms with E-state index in [0.29, 0.717) is 33.4 Å². The zero-order chi connectivity index (χ0) is 38.2. The standard InChI is InChI=1S/C47H48O6/c1-27-11-7-15-31(19-27)41(48)37-23-35(24-38(45(37)52)42(49)32-16-8-12-28(2)20-32)47(5,6)36-25-39(43(50)33-17-9-13-29(3)21-33)46(53)40(26-36)44(51)34-18-10-14-30(4)22-34/h7-26,41-44,48-53H,1-6H3. The zero-order valence-corrected chi connectivity index (χ0v) is 31.0. The van der Waals surface area contributed by atoms with Gasteiger partial charge >= 0.3 is 0 Å². The van der Waals surface area contributed by atoms with Crippen molar-refractivity contribution in [1.29, 1.82) is 0 Å². The van der Waals surface area contributed by atoms with Crippen molar-refractivity contribution in [1.82, 2.24) is 0 Å². The molecule has 0 amide bonds. The number of hydrogen-bond donors (Lipinski definition) is 6. The van der Waals surface area contributed by atoms with E-state index in [1.807, 2.05) is 114 Å². The summed E-state index contributed by atoms with van der Waals surface area (Å²) in [4.78, 5) is 0. The Morgan fingerprint density at radius 3 is 0.811 bits per heavy atom. The van der Waals surface area contributed by atoms with E-state index in [-0.39, 0.29) is 33.8 Å². The first-order valence-electron chi connectivity index (χ1n) is 17.9. The lowest BCUT2D eigenvalue weighted by molar-refractivity contribution is 0.204. The molecule has 0 fully saturated rings. The number of hydrogen-bond acceptors (Lipinski definition) is 6. The molecule has 0 radical (unpaired) electrons. The minimum absolute atomic E-state index is 0.218. The third kappa shape index (κ3) is 7.64. The molecule has 0 aromatic heterocycles. The minimum Gasteiger partial charge on any atom is -0.507 e. The molecule has 0 saturated heterocycles. The molecule has 0 aliphatic heterocycles. The van der Waals surface area contributed by atoms with Gasteiger partial charge in [-0.25, -0.2) is 0 Å². The van der Waals surface area contributed by atoms with Gasteiger partial charge in [0.25, 0.3) is 0 Å². The Hall–Kier alpha value is -5.24. The van der Waals surface area contributed by atoms with Gasteiger partial charge in [-0.15, -0.1) is 0 Å². The van der Waals surface area contributed by atoms with E-state index >= 15 is 0 Å². The van der Waals surface area contributed by atoms with E-state index in [1.54, 1.807) is 48.5 Å². The van der Waals surface area contributed by atoms with E-state index in [0.717, 1.165) is 22.3 Å². The quantitative estimate of drug-likeness (QED) is 0.0845. The van der Waals surface area contributed by atoms with Crippen LogP contribution in [0, 0.1) is 27.7 Å². The molecule has 0 aliphatic rings. The summed E-state index contributed by atoms with van der Waals surface area (Å²) in [6, 6.07) is 36.7. The third-order valence-electron chi connectivity index (χ3n) is 10.4. The molecule has 6 nitrogen and oxygen atoms in total. The van der Waals surface area contributed by atoms with Crippen LogP contribution in [0.3, 0.4) is 0 Å². The second-order valence-electron chi connectivity index (χ2n) is 14.9. The van der Waals surface area contributed by atoms with Gasteiger partial charge in [-0.05, 0) is 85.3 Å². The molecule has 6 aromatic rings. The van der Waals surface area contributed by atoms with Crippen LogP contribution in [-0.2, 0) is 5.41 Å². The smallest absolute Gasteiger partial charge is 0.127 e. The first-order chi connectivity index (χ1) is 25.1. The SMILES string of the molecule is Cc1cccc(C(O)c2cc(C(C)(C)c3cc(C(O)c4cccc(C)c4)c(O)c(C(O)c4cccc(C)c4)c3)cc(C(O)c3cccc(C)c3)c2O)c1. The Labute approximate surface area is 311 Å². The molecule has 6 heteroatoms. The average Bonchev–Trinajstić information content (AvgIpc) is 3.13. The second kappa shape index (κ2) is 15.0. The molecule has 53 heavy (non-hydrogen) atoms. The van der Waals surface area contributed by atoms with Gasteiger partial charge in [0.1, 0.15) is 35.9 Å². The first-order valence-corrected chi connectivity index (χ1v) is 17.9. The van der Waals surface area contributed by atoms with Crippen molar-refractivity contribution in [2.24, 2.45) is 0 Å². The number of rotatable bonds is 10. The summed E-state index contributed by atoms with van der Waals surface area (Å²) >= 11 is 0. The molecule has 0 bridgehead atoms. The Morgan fingerprint density at radius 1 is 0.377 bits per heavy atom. The van der Waals surface area contributed by atoms with Gasteiger partial charge in [0, 0.05) is 27.7 Å². The van der Waals surface area contributed by atoms with Crippen LogP contribution in [0.25, 0.3) is 0 Å². The topological polar surface area (TPSA) is 121 Å². The molecule has 0 aliphatic carbocycles. The Morgan fingerprint density at radius 2 is 0.604 bits per heavy atom. The van der Waals surface area contributed by atoms with E-state index in [9.17, 15) is 30.6 Å². The molecular weight excluding hydrogens is 661 g/mol. The minimum atomic E-state index is -1.22. The van der Waals surface area contributed by atoms with Gasteiger partial charge in [0.05, 0.1) is 0 Å². The second-order valence-corrected chi connectivity index (χ2v) is 14.9. The number of phenols is 2. The predicted molar refractivity (Wildman–Crippen MR) is 209 cm³/mol. The number of phenolic OH excluding ortho intramolecular Hbond substituents is 2. The van der Waals surface area contributed by atoms with Gasteiger partial charge in [-0.1, -0.05) is 133 Å². The summed E-state index contributed by atoms with van der Waals surface area (Å²) in [7, 11) is 0. The normalized spacial score (nSPS) is 14.1. The third-order valence-corrected chi connectivity index (χ3v) is 10.4. The predicted octanol–water partition coefficient (Wildman–Crippen LogP) is 8.98. The Balaban J connectivity index is 1.58. The van der Waals surface area contributed by atoms with Crippen LogP contribution in [0.1, 0.15) is 116 Å². The molecule has 4 atom stereocenters. The summed E-state index contributed by atoms with van der Waals surface area (Å²) in [5.41, 5.74) is 7.40. The number of aromatic hydroxyl groups is 2. The summed E-state index contributed by atoms with van der Waals surface area (Å²) in [6.07, 6.45) is -4.87. The lowest BCUT2D eigenvalue weighted by atomic mass is 9.74. The van der Waals surface area contributed by atoms with Gasteiger partial charge in [0.2, 0.25) is 0 Å². The summed E-state index contributed by atoms with van der Waals surface area (Å²) in [5.74, 6) is -0.436. The van der Waals surface area contributed by atoms with Crippen LogP contribution < -0.4 is 0 Å². The van der Waals surface area contributed by atoms with Crippen molar-refractivity contribution in [2.75, 3.05) is 0 Å². The van der Waals surface area contributed by atoms with Gasteiger partial charge in [-0.3, -0.25) is 0 Å².